The van der Waals surface area contributed by atoms with Crippen molar-refractivity contribution in [3.63, 3.8) is 0 Å². The number of benzene rings is 2. The molecule has 0 fully saturated rings. The van der Waals surface area contributed by atoms with Crippen LogP contribution in [-0.2, 0) is 12.0 Å². The number of hydrogen-bond acceptors (Lipinski definition) is 1. The van der Waals surface area contributed by atoms with Crippen molar-refractivity contribution < 1.29 is 4.39 Å². The maximum atomic E-state index is 13.4. The van der Waals surface area contributed by atoms with Crippen molar-refractivity contribution in [2.75, 3.05) is 0 Å². The Morgan fingerprint density at radius 2 is 1.89 bits per heavy atom. The van der Waals surface area contributed by atoms with Crippen molar-refractivity contribution in [1.82, 2.24) is 0 Å². The van der Waals surface area contributed by atoms with Gasteiger partial charge in [-0.15, -0.1) is 0 Å². The highest BCUT2D eigenvalue weighted by atomic mass is 35.5. The van der Waals surface area contributed by atoms with Crippen LogP contribution in [0.1, 0.15) is 24.5 Å². The fourth-order valence-corrected chi connectivity index (χ4v) is 2.45. The lowest BCUT2D eigenvalue weighted by atomic mass is 9.82. The smallest absolute Gasteiger partial charge is 0.123 e. The number of rotatable bonds is 4. The van der Waals surface area contributed by atoms with E-state index in [4.69, 9.17) is 17.3 Å². The van der Waals surface area contributed by atoms with Crippen molar-refractivity contribution in [2.45, 2.75) is 25.3 Å². The van der Waals surface area contributed by atoms with E-state index < -0.39 is 5.54 Å². The summed E-state index contributed by atoms with van der Waals surface area (Å²) >= 11 is 5.99. The van der Waals surface area contributed by atoms with E-state index in [1.807, 2.05) is 37.3 Å². The van der Waals surface area contributed by atoms with Crippen LogP contribution in [0.25, 0.3) is 0 Å². The molecule has 2 N–H and O–H groups in total. The Hall–Kier alpha value is -1.38. The number of hydrogen-bond donors (Lipinski definition) is 1. The van der Waals surface area contributed by atoms with Gasteiger partial charge in [0, 0.05) is 10.6 Å². The minimum atomic E-state index is -0.577. The zero-order valence-electron chi connectivity index (χ0n) is 10.9. The Bertz CT molecular complexity index is 570. The second kappa shape index (κ2) is 5.72. The fraction of sp³-hybridized carbons (Fsp3) is 0.250. The molecule has 0 spiro atoms. The number of nitrogens with two attached hydrogens (primary N) is 1. The van der Waals surface area contributed by atoms with Crippen molar-refractivity contribution in [3.05, 3.63) is 70.5 Å². The fourth-order valence-electron chi connectivity index (χ4n) is 2.24. The third-order valence-electron chi connectivity index (χ3n) is 3.44. The molecule has 0 radical (unpaired) electrons. The lowest BCUT2D eigenvalue weighted by Gasteiger charge is -2.29. The summed E-state index contributed by atoms with van der Waals surface area (Å²) in [6, 6.07) is 14.1. The van der Waals surface area contributed by atoms with Crippen molar-refractivity contribution in [3.8, 4) is 0 Å². The summed E-state index contributed by atoms with van der Waals surface area (Å²) < 4.78 is 13.4. The van der Waals surface area contributed by atoms with Gasteiger partial charge in [0.2, 0.25) is 0 Å². The predicted octanol–water partition coefficient (Wildman–Crippen LogP) is 4.29. The molecule has 0 amide bonds. The van der Waals surface area contributed by atoms with Crippen LogP contribution in [0.3, 0.4) is 0 Å². The normalized spacial score (nSPS) is 14.1. The molecule has 0 aliphatic carbocycles. The molecule has 0 saturated carbocycles. The summed E-state index contributed by atoms with van der Waals surface area (Å²) in [6.45, 7) is 2.01. The van der Waals surface area contributed by atoms with Gasteiger partial charge in [-0.05, 0) is 48.2 Å². The summed E-state index contributed by atoms with van der Waals surface area (Å²) in [5.74, 6) is -0.258. The summed E-state index contributed by atoms with van der Waals surface area (Å²) in [6.07, 6.45) is 1.36. The van der Waals surface area contributed by atoms with E-state index in [-0.39, 0.29) is 5.82 Å². The lowest BCUT2D eigenvalue weighted by molar-refractivity contribution is 0.422. The Kier molecular flexibility index (Phi) is 4.23. The van der Waals surface area contributed by atoms with Crippen LogP contribution in [-0.4, -0.2) is 0 Å². The van der Waals surface area contributed by atoms with E-state index >= 15 is 0 Å². The highest BCUT2D eigenvalue weighted by Crippen LogP contribution is 2.28. The molecule has 1 atom stereocenters. The monoisotopic (exact) mass is 277 g/mol. The second-order valence-electron chi connectivity index (χ2n) is 4.83. The van der Waals surface area contributed by atoms with Gasteiger partial charge < -0.3 is 5.73 Å². The van der Waals surface area contributed by atoms with Crippen LogP contribution in [0, 0.1) is 5.82 Å². The molecule has 19 heavy (non-hydrogen) atoms. The SMILES string of the molecule is CCC(N)(Cc1cccc(Cl)c1)c1cccc(F)c1. The first-order valence-electron chi connectivity index (χ1n) is 6.33. The van der Waals surface area contributed by atoms with Gasteiger partial charge in [0.1, 0.15) is 5.82 Å². The molecule has 0 heterocycles. The Morgan fingerprint density at radius 3 is 2.53 bits per heavy atom. The molecular formula is C16H17ClFN. The van der Waals surface area contributed by atoms with Gasteiger partial charge >= 0.3 is 0 Å². The zero-order valence-corrected chi connectivity index (χ0v) is 11.6. The Morgan fingerprint density at radius 1 is 1.16 bits per heavy atom. The van der Waals surface area contributed by atoms with Crippen LogP contribution in [0.2, 0.25) is 5.02 Å². The van der Waals surface area contributed by atoms with Gasteiger partial charge in [-0.3, -0.25) is 0 Å². The maximum Gasteiger partial charge on any atom is 0.123 e. The Labute approximate surface area is 118 Å². The largest absolute Gasteiger partial charge is 0.321 e. The molecule has 2 rings (SSSR count). The van der Waals surface area contributed by atoms with E-state index in [2.05, 4.69) is 0 Å². The first kappa shape index (κ1) is 14.0. The summed E-state index contributed by atoms with van der Waals surface area (Å²) in [7, 11) is 0. The quantitative estimate of drug-likeness (QED) is 0.887. The van der Waals surface area contributed by atoms with Gasteiger partial charge in [-0.25, -0.2) is 4.39 Å². The lowest BCUT2D eigenvalue weighted by Crippen LogP contribution is -2.38. The van der Waals surface area contributed by atoms with Crippen LogP contribution in [0.15, 0.2) is 48.5 Å². The highest BCUT2D eigenvalue weighted by Gasteiger charge is 2.26. The van der Waals surface area contributed by atoms with E-state index in [0.717, 1.165) is 17.5 Å². The van der Waals surface area contributed by atoms with Crippen molar-refractivity contribution >= 4 is 11.6 Å². The second-order valence-corrected chi connectivity index (χ2v) is 5.26. The number of halogens is 2. The molecule has 2 aromatic carbocycles. The van der Waals surface area contributed by atoms with E-state index in [1.165, 1.54) is 12.1 Å². The molecule has 1 nitrogen and oxygen atoms in total. The van der Waals surface area contributed by atoms with E-state index in [0.29, 0.717) is 11.4 Å². The molecule has 0 bridgehead atoms. The molecule has 3 heteroatoms. The molecule has 0 aromatic heterocycles. The Balaban J connectivity index is 2.32. The van der Waals surface area contributed by atoms with Gasteiger partial charge in [0.05, 0.1) is 0 Å². The average molecular weight is 278 g/mol. The van der Waals surface area contributed by atoms with Crippen LogP contribution >= 0.6 is 11.6 Å². The standard InChI is InChI=1S/C16H17ClFN/c1-2-16(19,13-6-4-8-15(18)10-13)11-12-5-3-7-14(17)9-12/h3-10H,2,11,19H2,1H3. The molecule has 0 saturated heterocycles. The minimum absolute atomic E-state index is 0.258. The third kappa shape index (κ3) is 3.34. The summed E-state index contributed by atoms with van der Waals surface area (Å²) in [5.41, 5.74) is 7.75. The van der Waals surface area contributed by atoms with Crippen LogP contribution < -0.4 is 5.73 Å². The van der Waals surface area contributed by atoms with Gasteiger partial charge in [-0.1, -0.05) is 42.8 Å². The topological polar surface area (TPSA) is 26.0 Å². The van der Waals surface area contributed by atoms with Crippen molar-refractivity contribution in [1.29, 1.82) is 0 Å². The van der Waals surface area contributed by atoms with E-state index in [1.54, 1.807) is 6.07 Å². The first-order chi connectivity index (χ1) is 9.03. The predicted molar refractivity (Wildman–Crippen MR) is 77.7 cm³/mol. The van der Waals surface area contributed by atoms with Crippen LogP contribution in [0.5, 0.6) is 0 Å². The molecule has 0 aliphatic heterocycles. The van der Waals surface area contributed by atoms with Crippen molar-refractivity contribution in [2.24, 2.45) is 5.73 Å². The van der Waals surface area contributed by atoms with Crippen LogP contribution in [0.4, 0.5) is 4.39 Å². The highest BCUT2D eigenvalue weighted by molar-refractivity contribution is 6.30. The summed E-state index contributed by atoms with van der Waals surface area (Å²) in [5, 5.41) is 0.690. The zero-order chi connectivity index (χ0) is 13.9. The van der Waals surface area contributed by atoms with Gasteiger partial charge in [0.15, 0.2) is 0 Å². The maximum absolute atomic E-state index is 13.4. The molecule has 1 unspecified atom stereocenters. The summed E-state index contributed by atoms with van der Waals surface area (Å²) in [4.78, 5) is 0. The first-order valence-corrected chi connectivity index (χ1v) is 6.71. The minimum Gasteiger partial charge on any atom is -0.321 e. The van der Waals surface area contributed by atoms with Gasteiger partial charge in [0.25, 0.3) is 0 Å². The molecule has 2 aromatic rings. The molecular weight excluding hydrogens is 261 g/mol. The third-order valence-corrected chi connectivity index (χ3v) is 3.67. The molecule has 0 aliphatic rings. The van der Waals surface area contributed by atoms with E-state index in [9.17, 15) is 4.39 Å². The van der Waals surface area contributed by atoms with Gasteiger partial charge in [-0.2, -0.15) is 0 Å². The average Bonchev–Trinajstić information content (AvgIpc) is 2.38. The molecule has 100 valence electrons.